The number of pyridine rings is 1. The van der Waals surface area contributed by atoms with Crippen molar-refractivity contribution >= 4 is 33.1 Å². The Hall–Kier alpha value is -1.55. The van der Waals surface area contributed by atoms with E-state index in [2.05, 4.69) is 26.2 Å². The van der Waals surface area contributed by atoms with Gasteiger partial charge in [-0.3, -0.25) is 0 Å². The fraction of sp³-hybridized carbons (Fsp3) is 0.154. The highest BCUT2D eigenvalue weighted by molar-refractivity contribution is 9.10. The molecule has 1 heterocycles. The highest BCUT2D eigenvalue weighted by Gasteiger charge is 2.04. The molecular weight excluding hydrogens is 278 g/mol. The zero-order chi connectivity index (χ0) is 12.4. The van der Waals surface area contributed by atoms with Gasteiger partial charge in [-0.05, 0) is 49.2 Å². The summed E-state index contributed by atoms with van der Waals surface area (Å²) in [5.74, 6) is 0.695. The summed E-state index contributed by atoms with van der Waals surface area (Å²) in [5.41, 5.74) is 9.78. The summed E-state index contributed by atoms with van der Waals surface area (Å²) in [6.07, 6.45) is 1.80. The minimum Gasteiger partial charge on any atom is -0.396 e. The molecular formula is C13H14BrN3. The van der Waals surface area contributed by atoms with Gasteiger partial charge in [0.25, 0.3) is 0 Å². The lowest BCUT2D eigenvalue weighted by Crippen LogP contribution is -2.00. The third-order valence-corrected chi connectivity index (χ3v) is 2.99. The van der Waals surface area contributed by atoms with Gasteiger partial charge in [0.05, 0.1) is 5.69 Å². The predicted octanol–water partition coefficient (Wildman–Crippen LogP) is 3.79. The van der Waals surface area contributed by atoms with Crippen molar-refractivity contribution in [1.29, 1.82) is 0 Å². The number of nitrogens with zero attached hydrogens (tertiary/aromatic N) is 1. The second kappa shape index (κ2) is 4.75. The molecule has 0 spiro atoms. The zero-order valence-electron chi connectivity index (χ0n) is 9.79. The third kappa shape index (κ3) is 2.77. The first-order valence-corrected chi connectivity index (χ1v) is 6.11. The number of nitrogen functional groups attached to an aromatic ring is 1. The van der Waals surface area contributed by atoms with Gasteiger partial charge in [0.1, 0.15) is 0 Å². The Balaban J connectivity index is 2.31. The Labute approximate surface area is 109 Å². The lowest BCUT2D eigenvalue weighted by molar-refractivity contribution is 1.26. The SMILES string of the molecule is Cc1cnc(Nc2ccc(Br)cc2C)c(N)c1. The molecule has 0 unspecified atom stereocenters. The van der Waals surface area contributed by atoms with E-state index in [-0.39, 0.29) is 0 Å². The maximum Gasteiger partial charge on any atom is 0.153 e. The van der Waals surface area contributed by atoms with E-state index in [0.29, 0.717) is 11.5 Å². The Morgan fingerprint density at radius 1 is 1.24 bits per heavy atom. The molecule has 0 fully saturated rings. The summed E-state index contributed by atoms with van der Waals surface area (Å²) in [5, 5.41) is 3.24. The Kier molecular flexibility index (Phi) is 3.33. The number of nitrogens with two attached hydrogens (primary N) is 1. The Morgan fingerprint density at radius 3 is 2.65 bits per heavy atom. The van der Waals surface area contributed by atoms with Gasteiger partial charge >= 0.3 is 0 Å². The van der Waals surface area contributed by atoms with Crippen LogP contribution >= 0.6 is 15.9 Å². The van der Waals surface area contributed by atoms with E-state index in [4.69, 9.17) is 5.73 Å². The van der Waals surface area contributed by atoms with Crippen LogP contribution in [0.4, 0.5) is 17.2 Å². The molecule has 17 heavy (non-hydrogen) atoms. The maximum absolute atomic E-state index is 5.91. The number of halogens is 1. The van der Waals surface area contributed by atoms with Crippen molar-refractivity contribution in [1.82, 2.24) is 4.98 Å². The minimum atomic E-state index is 0.660. The average molecular weight is 292 g/mol. The molecule has 3 N–H and O–H groups in total. The van der Waals surface area contributed by atoms with Gasteiger partial charge in [-0.1, -0.05) is 15.9 Å². The molecule has 0 saturated carbocycles. The largest absolute Gasteiger partial charge is 0.396 e. The van der Waals surface area contributed by atoms with E-state index >= 15 is 0 Å². The van der Waals surface area contributed by atoms with Crippen LogP contribution in [0.1, 0.15) is 11.1 Å². The van der Waals surface area contributed by atoms with Crippen LogP contribution in [0.5, 0.6) is 0 Å². The molecule has 0 aliphatic heterocycles. The van der Waals surface area contributed by atoms with Crippen LogP contribution in [0.15, 0.2) is 34.9 Å². The molecule has 0 bridgehead atoms. The molecule has 3 nitrogen and oxygen atoms in total. The van der Waals surface area contributed by atoms with Crippen molar-refractivity contribution in [3.63, 3.8) is 0 Å². The summed E-state index contributed by atoms with van der Waals surface area (Å²) in [6, 6.07) is 7.94. The minimum absolute atomic E-state index is 0.660. The van der Waals surface area contributed by atoms with Crippen LogP contribution in [-0.2, 0) is 0 Å². The topological polar surface area (TPSA) is 50.9 Å². The number of rotatable bonds is 2. The molecule has 1 aromatic carbocycles. The van der Waals surface area contributed by atoms with E-state index in [1.807, 2.05) is 38.1 Å². The molecule has 0 saturated heterocycles. The van der Waals surface area contributed by atoms with Crippen molar-refractivity contribution in [3.8, 4) is 0 Å². The van der Waals surface area contributed by atoms with Gasteiger partial charge in [0.15, 0.2) is 5.82 Å². The lowest BCUT2D eigenvalue weighted by Gasteiger charge is -2.11. The number of aromatic nitrogens is 1. The van der Waals surface area contributed by atoms with Gasteiger partial charge in [-0.15, -0.1) is 0 Å². The smallest absolute Gasteiger partial charge is 0.153 e. The standard InChI is InChI=1S/C13H14BrN3/c1-8-5-11(15)13(16-7-8)17-12-4-3-10(14)6-9(12)2/h3-7H,15H2,1-2H3,(H,16,17). The summed E-state index contributed by atoms with van der Waals surface area (Å²) in [7, 11) is 0. The monoisotopic (exact) mass is 291 g/mol. The number of anilines is 3. The van der Waals surface area contributed by atoms with Crippen molar-refractivity contribution in [2.45, 2.75) is 13.8 Å². The molecule has 0 aliphatic carbocycles. The fourth-order valence-electron chi connectivity index (χ4n) is 1.59. The molecule has 2 aromatic rings. The second-order valence-corrected chi connectivity index (χ2v) is 4.95. The van der Waals surface area contributed by atoms with E-state index in [9.17, 15) is 0 Å². The molecule has 0 radical (unpaired) electrons. The van der Waals surface area contributed by atoms with Crippen LogP contribution < -0.4 is 11.1 Å². The zero-order valence-corrected chi connectivity index (χ0v) is 11.4. The van der Waals surface area contributed by atoms with Gasteiger partial charge in [0.2, 0.25) is 0 Å². The first-order chi connectivity index (χ1) is 8.06. The summed E-state index contributed by atoms with van der Waals surface area (Å²) in [6.45, 7) is 4.01. The molecule has 4 heteroatoms. The number of benzene rings is 1. The van der Waals surface area contributed by atoms with Crippen molar-refractivity contribution in [2.75, 3.05) is 11.1 Å². The van der Waals surface area contributed by atoms with Crippen LogP contribution in [0.25, 0.3) is 0 Å². The molecule has 88 valence electrons. The molecule has 0 aliphatic rings. The van der Waals surface area contributed by atoms with Gasteiger partial charge in [-0.2, -0.15) is 0 Å². The summed E-state index contributed by atoms with van der Waals surface area (Å²) in [4.78, 5) is 4.29. The Morgan fingerprint density at radius 2 is 2.00 bits per heavy atom. The average Bonchev–Trinajstić information content (AvgIpc) is 2.25. The number of nitrogens with one attached hydrogen (secondary N) is 1. The maximum atomic E-state index is 5.91. The lowest BCUT2D eigenvalue weighted by atomic mass is 10.2. The second-order valence-electron chi connectivity index (χ2n) is 4.03. The van der Waals surface area contributed by atoms with Gasteiger partial charge < -0.3 is 11.1 Å². The van der Waals surface area contributed by atoms with E-state index < -0.39 is 0 Å². The van der Waals surface area contributed by atoms with Crippen LogP contribution in [-0.4, -0.2) is 4.98 Å². The molecule has 0 amide bonds. The van der Waals surface area contributed by atoms with Crippen molar-refractivity contribution < 1.29 is 0 Å². The van der Waals surface area contributed by atoms with Crippen molar-refractivity contribution in [3.05, 3.63) is 46.1 Å². The molecule has 2 rings (SSSR count). The highest BCUT2D eigenvalue weighted by Crippen LogP contribution is 2.25. The number of hydrogen-bond acceptors (Lipinski definition) is 3. The van der Waals surface area contributed by atoms with Crippen LogP contribution in [0, 0.1) is 13.8 Å². The summed E-state index contributed by atoms with van der Waals surface area (Å²) >= 11 is 3.44. The predicted molar refractivity (Wildman–Crippen MR) is 75.5 cm³/mol. The fourth-order valence-corrected chi connectivity index (χ4v) is 2.07. The molecule has 1 aromatic heterocycles. The van der Waals surface area contributed by atoms with Crippen molar-refractivity contribution in [2.24, 2.45) is 0 Å². The third-order valence-electron chi connectivity index (χ3n) is 2.50. The highest BCUT2D eigenvalue weighted by atomic mass is 79.9. The van der Waals surface area contributed by atoms with Gasteiger partial charge in [-0.25, -0.2) is 4.98 Å². The van der Waals surface area contributed by atoms with E-state index in [1.165, 1.54) is 0 Å². The quantitative estimate of drug-likeness (QED) is 0.885. The van der Waals surface area contributed by atoms with E-state index in [0.717, 1.165) is 21.3 Å². The summed E-state index contributed by atoms with van der Waals surface area (Å²) < 4.78 is 1.06. The Bertz CT molecular complexity index is 503. The number of aryl methyl sites for hydroxylation is 2. The first kappa shape index (κ1) is 11.9. The van der Waals surface area contributed by atoms with E-state index in [1.54, 1.807) is 6.20 Å². The van der Waals surface area contributed by atoms with Crippen LogP contribution in [0.2, 0.25) is 0 Å². The number of hydrogen-bond donors (Lipinski definition) is 2. The molecule has 0 atom stereocenters. The van der Waals surface area contributed by atoms with Gasteiger partial charge in [0, 0.05) is 16.4 Å². The first-order valence-electron chi connectivity index (χ1n) is 5.31. The normalized spacial score (nSPS) is 10.3. The van der Waals surface area contributed by atoms with Crippen LogP contribution in [0.3, 0.4) is 0 Å².